The van der Waals surface area contributed by atoms with Crippen molar-refractivity contribution in [2.45, 2.75) is 0 Å². The Morgan fingerprint density at radius 3 is 2.57 bits per heavy atom. The number of rotatable bonds is 1. The van der Waals surface area contributed by atoms with Crippen molar-refractivity contribution in [3.63, 3.8) is 0 Å². The molecule has 0 amide bonds. The van der Waals surface area contributed by atoms with Crippen LogP contribution in [0.15, 0.2) is 36.4 Å². The minimum atomic E-state index is -0.977. The topological polar surface area (TPSA) is 37.3 Å². The average molecular weight is 235 g/mol. The summed E-state index contributed by atoms with van der Waals surface area (Å²) >= 11 is 5.25. The summed E-state index contributed by atoms with van der Waals surface area (Å²) in [6.45, 7) is 0. The molecule has 0 heterocycles. The zero-order valence-corrected chi connectivity index (χ0v) is 8.06. The molecule has 0 saturated carbocycles. The molecule has 2 rings (SSSR count). The van der Waals surface area contributed by atoms with Gasteiger partial charge in [0.05, 0.1) is 0 Å². The summed E-state index contributed by atoms with van der Waals surface area (Å²) in [4.78, 5) is 10.8. The molecule has 0 saturated heterocycles. The molecule has 0 unspecified atom stereocenters. The van der Waals surface area contributed by atoms with Gasteiger partial charge in [-0.05, 0) is 0 Å². The van der Waals surface area contributed by atoms with Gasteiger partial charge >= 0.3 is 89.1 Å². The molecule has 74 valence electrons. The molecule has 2 nitrogen and oxygen atoms in total. The first-order valence-corrected chi connectivity index (χ1v) is 4.54. The second kappa shape index (κ2) is 3.45. The van der Waals surface area contributed by atoms with Gasteiger partial charge in [0.1, 0.15) is 0 Å². The molecule has 0 atom stereocenters. The molecule has 0 radical (unpaired) electrons. The first-order valence-electron chi connectivity index (χ1n) is 4.07. The van der Waals surface area contributed by atoms with Gasteiger partial charge in [-0.1, -0.05) is 0 Å². The SMILES string of the molecule is O=C(O)c1ccc2ccccc2[c]1[Cu]. The monoisotopic (exact) mass is 234 g/mol. The molecular weight excluding hydrogens is 228 g/mol. The second-order valence-electron chi connectivity index (χ2n) is 2.92. The van der Waals surface area contributed by atoms with E-state index >= 15 is 0 Å². The summed E-state index contributed by atoms with van der Waals surface area (Å²) in [7, 11) is 0. The Bertz CT molecular complexity index is 506. The second-order valence-corrected chi connectivity index (χ2v) is 3.39. The van der Waals surface area contributed by atoms with E-state index in [0.717, 1.165) is 10.8 Å². The summed E-state index contributed by atoms with van der Waals surface area (Å²) < 4.78 is 0.392. The third-order valence-electron chi connectivity index (χ3n) is 2.05. The number of carboxylic acids is 1. The number of aromatic carboxylic acids is 1. The number of carboxylic acid groups (broad SMARTS) is 1. The molecule has 0 aromatic heterocycles. The van der Waals surface area contributed by atoms with Gasteiger partial charge in [0, 0.05) is 0 Å². The summed E-state index contributed by atoms with van der Waals surface area (Å²) in [6, 6.07) is 10.8. The Kier molecular flexibility index (Phi) is 2.28. The van der Waals surface area contributed by atoms with Crippen molar-refractivity contribution in [3.8, 4) is 0 Å². The van der Waals surface area contributed by atoms with E-state index in [1.54, 1.807) is 12.1 Å². The van der Waals surface area contributed by atoms with Crippen LogP contribution in [0, 0.1) is 0 Å². The van der Waals surface area contributed by atoms with E-state index in [-0.39, 0.29) is 5.56 Å². The van der Waals surface area contributed by atoms with Crippen molar-refractivity contribution in [2.75, 3.05) is 0 Å². The number of carbonyl (C=O) groups is 1. The standard InChI is InChI=1S/C11H7O2.Cu/c12-11(13)10-6-5-8-3-1-2-4-9(8)7-10;/h1-6H,(H,12,13);. The maximum atomic E-state index is 10.8. The fourth-order valence-corrected chi connectivity index (χ4v) is 1.76. The zero-order valence-electron chi connectivity index (χ0n) is 7.12. The van der Waals surface area contributed by atoms with Crippen molar-refractivity contribution in [3.05, 3.63) is 42.0 Å². The van der Waals surface area contributed by atoms with Gasteiger partial charge in [-0.25, -0.2) is 0 Å². The molecular formula is C11H7CuO2. The Morgan fingerprint density at radius 1 is 1.14 bits per heavy atom. The third kappa shape index (κ3) is 1.41. The van der Waals surface area contributed by atoms with Crippen molar-refractivity contribution in [1.29, 1.82) is 0 Å². The maximum absolute atomic E-state index is 10.8. The van der Waals surface area contributed by atoms with Gasteiger partial charge in [0.25, 0.3) is 0 Å². The Morgan fingerprint density at radius 2 is 1.86 bits per heavy atom. The first kappa shape index (κ1) is 9.25. The van der Waals surface area contributed by atoms with Crippen LogP contribution < -0.4 is 4.46 Å². The number of hydrogen-bond donors (Lipinski definition) is 1. The van der Waals surface area contributed by atoms with E-state index in [2.05, 4.69) is 0 Å². The van der Waals surface area contributed by atoms with Crippen LogP contribution in [0.2, 0.25) is 0 Å². The van der Waals surface area contributed by atoms with Crippen molar-refractivity contribution >= 4 is 21.2 Å². The number of hydrogen-bond acceptors (Lipinski definition) is 1. The summed E-state index contributed by atoms with van der Waals surface area (Å²) in [5, 5.41) is 10.6. The molecule has 0 bridgehead atoms. The van der Waals surface area contributed by atoms with E-state index < -0.39 is 5.97 Å². The fourth-order valence-electron chi connectivity index (χ4n) is 1.37. The molecule has 2 aromatic rings. The van der Waals surface area contributed by atoms with Gasteiger partial charge in [-0.2, -0.15) is 0 Å². The summed E-state index contributed by atoms with van der Waals surface area (Å²) in [6.07, 6.45) is 0. The third-order valence-corrected chi connectivity index (χ3v) is 2.56. The first-order chi connectivity index (χ1) is 6.70. The Labute approximate surface area is 89.4 Å². The summed E-state index contributed by atoms with van der Waals surface area (Å²) in [5.74, 6) is -0.977. The van der Waals surface area contributed by atoms with Crippen molar-refractivity contribution in [1.82, 2.24) is 0 Å². The van der Waals surface area contributed by atoms with Crippen molar-refractivity contribution in [2.24, 2.45) is 0 Å². The molecule has 3 heteroatoms. The fraction of sp³-hybridized carbons (Fsp3) is 0. The predicted octanol–water partition coefficient (Wildman–Crippen LogP) is 1.71. The zero-order chi connectivity index (χ0) is 10.1. The summed E-state index contributed by atoms with van der Waals surface area (Å²) in [5.41, 5.74) is 0.184. The van der Waals surface area contributed by atoms with Crippen LogP contribution in [0.25, 0.3) is 10.8 Å². The van der Waals surface area contributed by atoms with Crippen LogP contribution in [0.3, 0.4) is 0 Å². The average Bonchev–Trinajstić information content (AvgIpc) is 2.18. The van der Waals surface area contributed by atoms with Gasteiger partial charge in [0.2, 0.25) is 0 Å². The normalized spacial score (nSPS) is 10.4. The van der Waals surface area contributed by atoms with Gasteiger partial charge in [-0.15, -0.1) is 0 Å². The van der Waals surface area contributed by atoms with E-state index in [1.807, 2.05) is 24.3 Å². The van der Waals surface area contributed by atoms with E-state index in [9.17, 15) is 4.79 Å². The number of benzene rings is 2. The molecule has 0 spiro atoms. The van der Waals surface area contributed by atoms with Gasteiger partial charge in [0.15, 0.2) is 0 Å². The quantitative estimate of drug-likeness (QED) is 0.763. The van der Waals surface area contributed by atoms with Crippen LogP contribution in [0.4, 0.5) is 0 Å². The van der Waals surface area contributed by atoms with E-state index in [4.69, 9.17) is 21.1 Å². The van der Waals surface area contributed by atoms with E-state index in [1.165, 1.54) is 0 Å². The minimum absolute atomic E-state index is 0.184. The molecule has 1 N–H and O–H groups in total. The van der Waals surface area contributed by atoms with Crippen LogP contribution in [-0.4, -0.2) is 11.1 Å². The van der Waals surface area contributed by atoms with Gasteiger partial charge < -0.3 is 0 Å². The van der Waals surface area contributed by atoms with Crippen LogP contribution in [-0.2, 0) is 16.0 Å². The molecule has 14 heavy (non-hydrogen) atoms. The van der Waals surface area contributed by atoms with Gasteiger partial charge in [-0.3, -0.25) is 0 Å². The Hall–Kier alpha value is -1.31. The molecule has 0 aliphatic heterocycles. The Balaban J connectivity index is 2.81. The van der Waals surface area contributed by atoms with Crippen molar-refractivity contribution < 1.29 is 25.9 Å². The van der Waals surface area contributed by atoms with E-state index in [0.29, 0.717) is 4.46 Å². The molecule has 0 aliphatic carbocycles. The molecule has 2 aromatic carbocycles. The number of fused-ring (bicyclic) bond motifs is 1. The predicted molar refractivity (Wildman–Crippen MR) is 50.5 cm³/mol. The molecule has 0 aliphatic rings. The van der Waals surface area contributed by atoms with Crippen LogP contribution >= 0.6 is 0 Å². The van der Waals surface area contributed by atoms with Crippen LogP contribution in [0.5, 0.6) is 0 Å². The molecule has 0 fully saturated rings. The van der Waals surface area contributed by atoms with Crippen LogP contribution in [0.1, 0.15) is 10.4 Å².